The van der Waals surface area contributed by atoms with Gasteiger partial charge in [-0.15, -0.1) is 0 Å². The second-order valence-electron chi connectivity index (χ2n) is 8.11. The van der Waals surface area contributed by atoms with Crippen LogP contribution in [0.3, 0.4) is 0 Å². The smallest absolute Gasteiger partial charge is 0.459 e. The molecule has 0 bridgehead atoms. The number of ether oxygens (including phenoxy) is 3. The number of anilines is 1. The average Bonchev–Trinajstić information content (AvgIpc) is 3.33. The molecule has 0 spiro atoms. The van der Waals surface area contributed by atoms with Gasteiger partial charge in [-0.3, -0.25) is 18.7 Å². The number of para-hydroxylation sites is 1. The van der Waals surface area contributed by atoms with E-state index < -0.39 is 62.4 Å². The largest absolute Gasteiger partial charge is 0.464 e. The first-order valence-electron chi connectivity index (χ1n) is 11.0. The Hall–Kier alpha value is -3.39. The minimum Gasteiger partial charge on any atom is -0.464 e. The topological polar surface area (TPSA) is 170 Å². The van der Waals surface area contributed by atoms with Gasteiger partial charge in [0.25, 0.3) is 0 Å². The highest BCUT2D eigenvalue weighted by Crippen LogP contribution is 2.49. The van der Waals surface area contributed by atoms with Gasteiger partial charge in [0.1, 0.15) is 23.7 Å². The molecule has 16 heteroatoms. The van der Waals surface area contributed by atoms with Crippen LogP contribution in [0.2, 0.25) is 0 Å². The monoisotopic (exact) mass is 544 g/mol. The molecular weight excluding hydrogens is 521 g/mol. The summed E-state index contributed by atoms with van der Waals surface area (Å²) in [5, 5.41) is 2.46. The van der Waals surface area contributed by atoms with E-state index in [1.54, 1.807) is 18.2 Å². The van der Waals surface area contributed by atoms with Crippen LogP contribution in [-0.4, -0.2) is 58.9 Å². The van der Waals surface area contributed by atoms with Crippen LogP contribution in [0.4, 0.5) is 14.6 Å². The van der Waals surface area contributed by atoms with Crippen molar-refractivity contribution in [1.29, 1.82) is 0 Å². The van der Waals surface area contributed by atoms with Gasteiger partial charge >= 0.3 is 31.3 Å². The molecule has 1 aromatic heterocycles. The highest BCUT2D eigenvalue weighted by molar-refractivity contribution is 7.52. The number of aromatic nitrogens is 2. The van der Waals surface area contributed by atoms with Gasteiger partial charge in [0.05, 0.1) is 13.2 Å². The Morgan fingerprint density at radius 1 is 1.30 bits per heavy atom. The van der Waals surface area contributed by atoms with E-state index >= 15 is 8.78 Å². The second-order valence-corrected chi connectivity index (χ2v) is 9.80. The number of hydrogen-bond donors (Lipinski definition) is 2. The van der Waals surface area contributed by atoms with Gasteiger partial charge in [-0.2, -0.15) is 18.9 Å². The highest BCUT2D eigenvalue weighted by Gasteiger charge is 2.62. The number of halogens is 2. The van der Waals surface area contributed by atoms with Crippen molar-refractivity contribution in [2.45, 2.75) is 43.7 Å². The van der Waals surface area contributed by atoms with Crippen molar-refractivity contribution >= 4 is 25.5 Å². The maximum absolute atomic E-state index is 15.3. The molecule has 13 nitrogen and oxygen atoms in total. The quantitative estimate of drug-likeness (QED) is 0.344. The van der Waals surface area contributed by atoms with Crippen molar-refractivity contribution in [2.75, 3.05) is 18.9 Å². The summed E-state index contributed by atoms with van der Waals surface area (Å²) in [6.07, 6.45) is -5.08. The molecule has 0 saturated carbocycles. The van der Waals surface area contributed by atoms with Gasteiger partial charge in [0, 0.05) is 19.5 Å². The molecule has 2 aromatic rings. The number of cyclic esters (lactones) is 1. The summed E-state index contributed by atoms with van der Waals surface area (Å²) in [5.74, 6) is -5.80. The molecule has 2 fully saturated rings. The number of carbonyl (C=O) groups is 2. The number of alkyl halides is 2. The lowest BCUT2D eigenvalue weighted by Crippen LogP contribution is -2.44. The van der Waals surface area contributed by atoms with Gasteiger partial charge in [-0.05, 0) is 18.2 Å². The van der Waals surface area contributed by atoms with E-state index in [4.69, 9.17) is 29.0 Å². The van der Waals surface area contributed by atoms with Crippen LogP contribution in [-0.2, 0) is 32.9 Å². The molecule has 3 N–H and O–H groups in total. The molecule has 0 amide bonds. The lowest BCUT2D eigenvalue weighted by Gasteiger charge is -2.25. The molecule has 0 radical (unpaired) electrons. The van der Waals surface area contributed by atoms with E-state index in [2.05, 4.69) is 10.1 Å². The molecule has 1 aromatic carbocycles. The minimum atomic E-state index is -4.40. The van der Waals surface area contributed by atoms with Crippen LogP contribution in [0.5, 0.6) is 5.75 Å². The van der Waals surface area contributed by atoms with Crippen molar-refractivity contribution in [1.82, 2.24) is 14.6 Å². The molecule has 0 unspecified atom stereocenters. The molecule has 200 valence electrons. The van der Waals surface area contributed by atoms with E-state index in [0.29, 0.717) is 4.57 Å². The number of nitrogens with zero attached hydrogens (tertiary/aromatic N) is 2. The zero-order valence-electron chi connectivity index (χ0n) is 19.3. The Morgan fingerprint density at radius 3 is 2.65 bits per heavy atom. The number of nitrogens with two attached hydrogens (primary N) is 1. The number of hydrogen-bond acceptors (Lipinski definition) is 11. The number of benzene rings is 1. The Kier molecular flexibility index (Phi) is 7.59. The van der Waals surface area contributed by atoms with Crippen molar-refractivity contribution < 1.29 is 46.2 Å². The molecule has 4 rings (SSSR count). The normalized spacial score (nSPS) is 26.3. The molecule has 0 aliphatic carbocycles. The molecule has 2 aliphatic heterocycles. The molecule has 3 heterocycles. The first kappa shape index (κ1) is 26.7. The summed E-state index contributed by atoms with van der Waals surface area (Å²) in [4.78, 5) is 39.1. The summed E-state index contributed by atoms with van der Waals surface area (Å²) < 4.78 is 70.7. The predicted octanol–water partition coefficient (Wildman–Crippen LogP) is 1.40. The molecule has 37 heavy (non-hydrogen) atoms. The third-order valence-corrected chi connectivity index (χ3v) is 6.94. The fourth-order valence-corrected chi connectivity index (χ4v) is 5.26. The zero-order chi connectivity index (χ0) is 26.8. The Morgan fingerprint density at radius 2 is 2.03 bits per heavy atom. The third kappa shape index (κ3) is 5.96. The van der Waals surface area contributed by atoms with E-state index in [1.165, 1.54) is 12.1 Å². The van der Waals surface area contributed by atoms with Crippen LogP contribution in [0.25, 0.3) is 0 Å². The Balaban J connectivity index is 1.59. The fourth-order valence-electron chi connectivity index (χ4n) is 3.72. The summed E-state index contributed by atoms with van der Waals surface area (Å²) in [6.45, 7) is 0.134. The van der Waals surface area contributed by atoms with E-state index in [-0.39, 0.29) is 24.6 Å². The van der Waals surface area contributed by atoms with Crippen LogP contribution >= 0.6 is 7.75 Å². The maximum atomic E-state index is 15.3. The van der Waals surface area contributed by atoms with Crippen LogP contribution in [0.1, 0.15) is 19.6 Å². The number of carbonyl (C=O) groups excluding carboxylic acids is 2. The van der Waals surface area contributed by atoms with E-state index in [0.717, 1.165) is 19.2 Å². The molecular formula is C21H23F2N4O9P. The SMILES string of the molecule is CC(=O)O[C@@H]1[C@@H](CO[P@@](=O)(N[C@H]2CCOC2=O)Oc2ccccc2)O[C@@H](n2ccc(N)nc2=O)C1(F)F. The predicted molar refractivity (Wildman–Crippen MR) is 120 cm³/mol. The Bertz CT molecular complexity index is 1260. The van der Waals surface area contributed by atoms with Crippen LogP contribution < -0.4 is 21.0 Å². The van der Waals surface area contributed by atoms with Gasteiger partial charge < -0.3 is 24.5 Å². The summed E-state index contributed by atoms with van der Waals surface area (Å²) in [7, 11) is -4.40. The molecule has 5 atom stereocenters. The standard InChI is InChI=1S/C21H23F2N4O9P/c1-12(28)34-17-15(35-19(21(17,22)23)27-9-7-16(24)25-20(27)30)11-33-37(31,26-14-8-10-32-18(14)29)36-13-5-3-2-4-6-13/h2-7,9,14-15,17,19H,8,10-11H2,1H3,(H,26,31)(H2,24,25,30)/t14-,15+,17+,19+,37-/m0/s1. The van der Waals surface area contributed by atoms with Gasteiger partial charge in [-0.25, -0.2) is 9.36 Å². The first-order valence-corrected chi connectivity index (χ1v) is 12.5. The maximum Gasteiger partial charge on any atom is 0.459 e. The lowest BCUT2D eigenvalue weighted by atomic mass is 10.1. The lowest BCUT2D eigenvalue weighted by molar-refractivity contribution is -0.174. The summed E-state index contributed by atoms with van der Waals surface area (Å²) >= 11 is 0. The van der Waals surface area contributed by atoms with Crippen LogP contribution in [0.15, 0.2) is 47.4 Å². The van der Waals surface area contributed by atoms with E-state index in [1.807, 2.05) is 0 Å². The van der Waals surface area contributed by atoms with Crippen molar-refractivity contribution in [3.8, 4) is 5.75 Å². The van der Waals surface area contributed by atoms with E-state index in [9.17, 15) is 18.9 Å². The number of esters is 2. The van der Waals surface area contributed by atoms with Gasteiger partial charge in [0.15, 0.2) is 6.10 Å². The highest BCUT2D eigenvalue weighted by atomic mass is 31.2. The van der Waals surface area contributed by atoms with Gasteiger partial charge in [0.2, 0.25) is 6.23 Å². The van der Waals surface area contributed by atoms with Crippen LogP contribution in [0, 0.1) is 0 Å². The first-order chi connectivity index (χ1) is 17.5. The van der Waals surface area contributed by atoms with Crippen molar-refractivity contribution in [3.05, 3.63) is 53.1 Å². The molecule has 2 aliphatic rings. The number of rotatable bonds is 9. The summed E-state index contributed by atoms with van der Waals surface area (Å²) in [5.41, 5.74) is 4.29. The average molecular weight is 544 g/mol. The second kappa shape index (κ2) is 10.5. The van der Waals surface area contributed by atoms with Gasteiger partial charge in [-0.1, -0.05) is 18.2 Å². The summed E-state index contributed by atoms with van der Waals surface area (Å²) in [6, 6.07) is 7.84. The van der Waals surface area contributed by atoms with Crippen molar-refractivity contribution in [3.63, 3.8) is 0 Å². The number of nitrogens with one attached hydrogen (secondary N) is 1. The Labute approximate surface area is 208 Å². The fraction of sp³-hybridized carbons (Fsp3) is 0.429. The zero-order valence-corrected chi connectivity index (χ0v) is 20.2. The third-order valence-electron chi connectivity index (χ3n) is 5.37. The minimum absolute atomic E-state index is 0.0698. The number of nitrogen functional groups attached to an aromatic ring is 1. The molecule has 2 saturated heterocycles. The van der Waals surface area contributed by atoms with Crippen molar-refractivity contribution in [2.24, 2.45) is 0 Å².